The van der Waals surface area contributed by atoms with E-state index in [0.717, 1.165) is 104 Å². The molecule has 2 saturated heterocycles. The van der Waals surface area contributed by atoms with Crippen molar-refractivity contribution in [3.8, 4) is 11.1 Å². The van der Waals surface area contributed by atoms with Gasteiger partial charge in [0.2, 0.25) is 5.91 Å². The minimum absolute atomic E-state index is 0.00983. The van der Waals surface area contributed by atoms with Gasteiger partial charge in [0.1, 0.15) is 5.65 Å². The summed E-state index contributed by atoms with van der Waals surface area (Å²) in [6, 6.07) is 5.87. The predicted molar refractivity (Wildman–Crippen MR) is 186 cm³/mol. The molecule has 10 nitrogen and oxygen atoms in total. The number of carbonyl (C=O) groups excluding carboxylic acids is 1. The number of nitrogens with zero attached hydrogens (tertiary/aromatic N) is 7. The Labute approximate surface area is 285 Å². The Bertz CT molecular complexity index is 1870. The number of alkyl halides is 2. The van der Waals surface area contributed by atoms with E-state index in [-0.39, 0.29) is 17.5 Å². The molecule has 8 rings (SSSR count). The first-order chi connectivity index (χ1) is 23.9. The van der Waals surface area contributed by atoms with Crippen LogP contribution in [0.2, 0.25) is 0 Å². The second kappa shape index (κ2) is 13.2. The number of rotatable bonds is 9. The third-order valence-corrected chi connectivity index (χ3v) is 10.7. The van der Waals surface area contributed by atoms with Crippen LogP contribution < -0.4 is 15.1 Å². The van der Waals surface area contributed by atoms with Crippen molar-refractivity contribution in [1.82, 2.24) is 29.4 Å². The molecule has 4 aliphatic rings. The van der Waals surface area contributed by atoms with Crippen molar-refractivity contribution < 1.29 is 18.3 Å². The number of hydrogen-bond acceptors (Lipinski definition) is 7. The average Bonchev–Trinajstić information content (AvgIpc) is 3.72. The summed E-state index contributed by atoms with van der Waals surface area (Å²) in [6.45, 7) is 11.9. The molecule has 0 saturated carbocycles. The zero-order chi connectivity index (χ0) is 33.6. The lowest BCUT2D eigenvalue weighted by Gasteiger charge is -2.42. The number of pyridine rings is 1. The largest absolute Gasteiger partial charge is 0.381 e. The van der Waals surface area contributed by atoms with Crippen LogP contribution in [0, 0.1) is 5.92 Å². The maximum Gasteiger partial charge on any atom is 0.264 e. The zero-order valence-corrected chi connectivity index (χ0v) is 28.1. The van der Waals surface area contributed by atoms with Crippen LogP contribution in [0.25, 0.3) is 16.8 Å². The van der Waals surface area contributed by atoms with Gasteiger partial charge in [-0.2, -0.15) is 5.10 Å². The summed E-state index contributed by atoms with van der Waals surface area (Å²) in [5, 5.41) is 8.65. The quantitative estimate of drug-likeness (QED) is 0.181. The summed E-state index contributed by atoms with van der Waals surface area (Å²) < 4.78 is 40.3. The normalized spacial score (nSPS) is 18.6. The standard InChI is InChI=1S/C37H44F2N8O2/c1-3-9-40-19-25-20-45(21-25)34-23-44-13-10-41-35(44)18-29(34)28-16-26-5-4-11-46(33(26)17-30(28)36(38)39)37-31-22-43(24(2)48)12-6-32(31)47(42-37)27-7-14-49-15-8-27/h3,10,13,16-18,23,25,27,36,40H,1,4-9,11-12,14-15,19-22H2,2H3. The number of benzene rings is 1. The molecular formula is C37H44F2N8O2. The average molecular weight is 671 g/mol. The Hall–Kier alpha value is -4.29. The van der Waals surface area contributed by atoms with Crippen LogP contribution in [-0.2, 0) is 28.9 Å². The number of halogens is 2. The Kier molecular flexibility index (Phi) is 8.61. The first-order valence-corrected chi connectivity index (χ1v) is 17.6. The van der Waals surface area contributed by atoms with E-state index in [2.05, 4.69) is 31.4 Å². The Morgan fingerprint density at radius 1 is 1.12 bits per heavy atom. The number of ether oxygens (including phenoxy) is 1. The summed E-state index contributed by atoms with van der Waals surface area (Å²) in [6.07, 6.45) is 8.99. The molecule has 258 valence electrons. The lowest BCUT2D eigenvalue weighted by atomic mass is 9.90. The SMILES string of the molecule is C=CCNCC1CN(c2cn3ccnc3cc2-c2cc3c(cc2C(F)F)N(c2nn(C4CCOCC4)c4c2CN(C(C)=O)CC4)CCC3)C1. The minimum Gasteiger partial charge on any atom is -0.381 e. The highest BCUT2D eigenvalue weighted by atomic mass is 19.3. The van der Waals surface area contributed by atoms with E-state index in [1.807, 2.05) is 39.9 Å². The number of aryl methyl sites for hydroxylation is 1. The van der Waals surface area contributed by atoms with Gasteiger partial charge < -0.3 is 29.2 Å². The van der Waals surface area contributed by atoms with Gasteiger partial charge in [-0.25, -0.2) is 13.8 Å². The molecule has 0 bridgehead atoms. The number of anilines is 3. The fourth-order valence-corrected chi connectivity index (χ4v) is 8.13. The fraction of sp³-hybridized carbons (Fsp3) is 0.486. The second-order valence-electron chi connectivity index (χ2n) is 13.8. The number of aromatic nitrogens is 4. The van der Waals surface area contributed by atoms with Crippen molar-refractivity contribution in [2.75, 3.05) is 62.3 Å². The van der Waals surface area contributed by atoms with Crippen LogP contribution in [0.4, 0.5) is 26.0 Å². The monoisotopic (exact) mass is 670 g/mol. The second-order valence-corrected chi connectivity index (χ2v) is 13.8. The Morgan fingerprint density at radius 2 is 1.96 bits per heavy atom. The molecule has 0 radical (unpaired) electrons. The van der Waals surface area contributed by atoms with E-state index >= 15 is 8.78 Å². The third kappa shape index (κ3) is 5.88. The van der Waals surface area contributed by atoms with Crippen LogP contribution in [0.5, 0.6) is 0 Å². The number of imidazole rings is 1. The maximum absolute atomic E-state index is 15.2. The third-order valence-electron chi connectivity index (χ3n) is 10.7. The van der Waals surface area contributed by atoms with E-state index in [1.54, 1.807) is 19.2 Å². The summed E-state index contributed by atoms with van der Waals surface area (Å²) >= 11 is 0. The zero-order valence-electron chi connectivity index (χ0n) is 28.1. The van der Waals surface area contributed by atoms with E-state index in [1.165, 1.54) is 0 Å². The number of nitrogens with one attached hydrogen (secondary N) is 1. The summed E-state index contributed by atoms with van der Waals surface area (Å²) in [4.78, 5) is 23.3. The lowest BCUT2D eigenvalue weighted by molar-refractivity contribution is -0.129. The molecule has 2 fully saturated rings. The Balaban J connectivity index is 1.20. The van der Waals surface area contributed by atoms with Gasteiger partial charge in [-0.3, -0.25) is 9.48 Å². The van der Waals surface area contributed by atoms with Gasteiger partial charge >= 0.3 is 0 Å². The maximum atomic E-state index is 15.2. The number of carbonyl (C=O) groups is 1. The van der Waals surface area contributed by atoms with Crippen molar-refractivity contribution >= 4 is 28.7 Å². The van der Waals surface area contributed by atoms with Gasteiger partial charge in [0, 0.05) is 118 Å². The molecule has 0 atom stereocenters. The molecule has 1 N–H and O–H groups in total. The minimum atomic E-state index is -2.68. The van der Waals surface area contributed by atoms with E-state index < -0.39 is 6.43 Å². The number of amides is 1. The van der Waals surface area contributed by atoms with Crippen LogP contribution in [0.3, 0.4) is 0 Å². The van der Waals surface area contributed by atoms with Gasteiger partial charge in [-0.1, -0.05) is 6.08 Å². The van der Waals surface area contributed by atoms with Crippen LogP contribution >= 0.6 is 0 Å². The van der Waals surface area contributed by atoms with E-state index in [0.29, 0.717) is 44.3 Å². The van der Waals surface area contributed by atoms with Gasteiger partial charge in [0.15, 0.2) is 5.82 Å². The van der Waals surface area contributed by atoms with Crippen molar-refractivity contribution in [1.29, 1.82) is 0 Å². The molecule has 0 unspecified atom stereocenters. The molecule has 12 heteroatoms. The molecule has 1 amide bonds. The van der Waals surface area contributed by atoms with Gasteiger partial charge in [0.05, 0.1) is 18.3 Å². The Morgan fingerprint density at radius 3 is 2.73 bits per heavy atom. The van der Waals surface area contributed by atoms with Crippen LogP contribution in [0.15, 0.2) is 49.4 Å². The van der Waals surface area contributed by atoms with Gasteiger partial charge in [0.25, 0.3) is 6.43 Å². The van der Waals surface area contributed by atoms with E-state index in [9.17, 15) is 4.79 Å². The van der Waals surface area contributed by atoms with Crippen LogP contribution in [0.1, 0.15) is 61.0 Å². The summed E-state index contributed by atoms with van der Waals surface area (Å²) in [5.74, 6) is 1.30. The van der Waals surface area contributed by atoms with Crippen molar-refractivity contribution in [2.24, 2.45) is 5.92 Å². The lowest BCUT2D eigenvalue weighted by Crippen LogP contribution is -2.51. The molecule has 0 aliphatic carbocycles. The molecule has 7 heterocycles. The highest BCUT2D eigenvalue weighted by Crippen LogP contribution is 2.46. The molecule has 49 heavy (non-hydrogen) atoms. The highest BCUT2D eigenvalue weighted by molar-refractivity contribution is 5.86. The topological polar surface area (TPSA) is 83.2 Å². The fourth-order valence-electron chi connectivity index (χ4n) is 8.13. The smallest absolute Gasteiger partial charge is 0.264 e. The molecule has 4 aromatic rings. The number of fused-ring (bicyclic) bond motifs is 3. The van der Waals surface area contributed by atoms with E-state index in [4.69, 9.17) is 9.84 Å². The van der Waals surface area contributed by atoms with Gasteiger partial charge in [-0.15, -0.1) is 6.58 Å². The molecule has 0 spiro atoms. The van der Waals surface area contributed by atoms with Crippen LogP contribution in [-0.4, -0.2) is 82.5 Å². The summed E-state index contributed by atoms with van der Waals surface area (Å²) in [5.41, 5.74) is 7.01. The van der Waals surface area contributed by atoms with Crippen molar-refractivity contribution in [3.63, 3.8) is 0 Å². The number of hydrogen-bond donors (Lipinski definition) is 1. The predicted octanol–water partition coefficient (Wildman–Crippen LogP) is 5.69. The van der Waals surface area contributed by atoms with Crippen molar-refractivity contribution in [2.45, 2.75) is 58.0 Å². The van der Waals surface area contributed by atoms with Gasteiger partial charge in [-0.05, 0) is 55.0 Å². The highest BCUT2D eigenvalue weighted by Gasteiger charge is 2.35. The summed E-state index contributed by atoms with van der Waals surface area (Å²) in [7, 11) is 0. The molecule has 3 aromatic heterocycles. The molecular weight excluding hydrogens is 626 g/mol. The van der Waals surface area contributed by atoms with Crippen molar-refractivity contribution in [3.05, 3.63) is 71.8 Å². The first kappa shape index (κ1) is 31.9. The first-order valence-electron chi connectivity index (χ1n) is 17.6. The molecule has 4 aliphatic heterocycles. The molecule has 1 aromatic carbocycles.